The number of hydrogen-bond acceptors (Lipinski definition) is 5. The van der Waals surface area contributed by atoms with E-state index in [0.717, 1.165) is 61.9 Å². The number of nitro groups is 1. The molecule has 0 bridgehead atoms. The van der Waals surface area contributed by atoms with Gasteiger partial charge in [-0.1, -0.05) is 36.4 Å². The molecule has 5 nitrogen and oxygen atoms in total. The van der Waals surface area contributed by atoms with Gasteiger partial charge in [0.25, 0.3) is 5.69 Å². The van der Waals surface area contributed by atoms with Crippen molar-refractivity contribution in [1.82, 2.24) is 4.90 Å². The van der Waals surface area contributed by atoms with Crippen molar-refractivity contribution in [3.63, 3.8) is 0 Å². The molecule has 0 radical (unpaired) electrons. The molecule has 1 saturated heterocycles. The topological polar surface area (TPSA) is 55.6 Å². The number of ether oxygens (including phenoxy) is 1. The average molecular weight is 372 g/mol. The molecular weight excluding hydrogens is 348 g/mol. The van der Waals surface area contributed by atoms with Crippen molar-refractivity contribution < 1.29 is 9.66 Å². The summed E-state index contributed by atoms with van der Waals surface area (Å²) < 4.78 is 5.36. The summed E-state index contributed by atoms with van der Waals surface area (Å²) in [7, 11) is 0. The predicted octanol–water partition coefficient (Wildman–Crippen LogP) is 4.15. The van der Waals surface area contributed by atoms with Gasteiger partial charge in [-0.15, -0.1) is 11.8 Å². The fourth-order valence-electron chi connectivity index (χ4n) is 3.05. The van der Waals surface area contributed by atoms with Crippen LogP contribution in [0.1, 0.15) is 17.5 Å². The zero-order valence-electron chi connectivity index (χ0n) is 14.8. The molecule has 6 heteroatoms. The van der Waals surface area contributed by atoms with Crippen LogP contribution < -0.4 is 0 Å². The lowest BCUT2D eigenvalue weighted by atomic mass is 10.1. The van der Waals surface area contributed by atoms with E-state index >= 15 is 0 Å². The van der Waals surface area contributed by atoms with Crippen LogP contribution in [0.3, 0.4) is 0 Å². The van der Waals surface area contributed by atoms with E-state index in [1.54, 1.807) is 6.07 Å². The maximum Gasteiger partial charge on any atom is 0.283 e. The summed E-state index contributed by atoms with van der Waals surface area (Å²) in [5, 5.41) is 11.5. The number of benzene rings is 2. The first-order valence-corrected chi connectivity index (χ1v) is 9.95. The Morgan fingerprint density at radius 2 is 1.85 bits per heavy atom. The molecule has 26 heavy (non-hydrogen) atoms. The van der Waals surface area contributed by atoms with E-state index in [4.69, 9.17) is 4.74 Å². The van der Waals surface area contributed by atoms with Crippen molar-refractivity contribution in [2.75, 3.05) is 32.8 Å². The lowest BCUT2D eigenvalue weighted by Gasteiger charge is -2.26. The first-order chi connectivity index (χ1) is 12.7. The maximum absolute atomic E-state index is 11.5. The highest BCUT2D eigenvalue weighted by atomic mass is 32.2. The van der Waals surface area contributed by atoms with Gasteiger partial charge in [-0.05, 0) is 36.6 Å². The minimum absolute atomic E-state index is 0.217. The van der Waals surface area contributed by atoms with Gasteiger partial charge in [0.15, 0.2) is 0 Å². The van der Waals surface area contributed by atoms with Gasteiger partial charge in [0.1, 0.15) is 0 Å². The fraction of sp³-hybridized carbons (Fsp3) is 0.400. The summed E-state index contributed by atoms with van der Waals surface area (Å²) in [6.07, 6.45) is 1.87. The van der Waals surface area contributed by atoms with Crippen LogP contribution in [0.5, 0.6) is 0 Å². The number of thioether (sulfide) groups is 1. The normalized spacial score (nSPS) is 15.1. The number of hydrogen-bond donors (Lipinski definition) is 0. The molecule has 1 aliphatic rings. The van der Waals surface area contributed by atoms with Gasteiger partial charge < -0.3 is 4.74 Å². The van der Waals surface area contributed by atoms with Crippen LogP contribution in [0.25, 0.3) is 0 Å². The molecular formula is C20H24N2O3S. The second-order valence-corrected chi connectivity index (χ2v) is 7.41. The zero-order valence-corrected chi connectivity index (χ0v) is 15.6. The second kappa shape index (κ2) is 9.71. The van der Waals surface area contributed by atoms with Crippen molar-refractivity contribution in [2.24, 2.45) is 0 Å². The Labute approximate surface area is 158 Å². The van der Waals surface area contributed by atoms with Gasteiger partial charge in [0.2, 0.25) is 0 Å². The molecule has 0 amide bonds. The molecule has 1 fully saturated rings. The van der Waals surface area contributed by atoms with Crippen LogP contribution in [0, 0.1) is 10.1 Å². The molecule has 0 atom stereocenters. The Bertz CT molecular complexity index is 718. The largest absolute Gasteiger partial charge is 0.379 e. The third kappa shape index (κ3) is 5.56. The second-order valence-electron chi connectivity index (χ2n) is 6.39. The first-order valence-electron chi connectivity index (χ1n) is 8.96. The van der Waals surface area contributed by atoms with Crippen LogP contribution in [-0.4, -0.2) is 42.7 Å². The monoisotopic (exact) mass is 372 g/mol. The number of nitrogens with zero attached hydrogens (tertiary/aromatic N) is 2. The van der Waals surface area contributed by atoms with Gasteiger partial charge in [0, 0.05) is 24.9 Å². The van der Waals surface area contributed by atoms with Crippen molar-refractivity contribution in [3.05, 3.63) is 69.8 Å². The molecule has 0 unspecified atom stereocenters. The third-order valence-electron chi connectivity index (χ3n) is 4.50. The van der Waals surface area contributed by atoms with Crippen LogP contribution in [0.2, 0.25) is 0 Å². The summed E-state index contributed by atoms with van der Waals surface area (Å²) in [6.45, 7) is 4.59. The van der Waals surface area contributed by atoms with Gasteiger partial charge >= 0.3 is 0 Å². The molecule has 0 saturated carbocycles. The van der Waals surface area contributed by atoms with Gasteiger partial charge in [-0.25, -0.2) is 0 Å². The smallest absolute Gasteiger partial charge is 0.283 e. The van der Waals surface area contributed by atoms with Crippen molar-refractivity contribution >= 4 is 17.4 Å². The highest BCUT2D eigenvalue weighted by molar-refractivity contribution is 7.98. The molecule has 138 valence electrons. The molecule has 0 N–H and O–H groups in total. The van der Waals surface area contributed by atoms with E-state index in [-0.39, 0.29) is 10.6 Å². The van der Waals surface area contributed by atoms with E-state index in [1.165, 1.54) is 17.3 Å². The maximum atomic E-state index is 11.5. The Morgan fingerprint density at radius 1 is 1.08 bits per heavy atom. The van der Waals surface area contributed by atoms with Gasteiger partial charge in [-0.3, -0.25) is 15.0 Å². The Hall–Kier alpha value is -1.89. The zero-order chi connectivity index (χ0) is 18.2. The Morgan fingerprint density at radius 3 is 2.58 bits per heavy atom. The third-order valence-corrected chi connectivity index (χ3v) is 5.63. The standard InChI is InChI=1S/C20H24N2O3S/c23-22(24)19-15-17(7-4-10-21-11-13-25-14-12-21)8-9-20(19)26-16-18-5-2-1-3-6-18/h1-3,5-6,8-9,15H,4,7,10-14,16H2. The van der Waals surface area contributed by atoms with Crippen LogP contribution in [0.4, 0.5) is 5.69 Å². The van der Waals surface area contributed by atoms with E-state index in [1.807, 2.05) is 42.5 Å². The Balaban J connectivity index is 1.58. The first kappa shape index (κ1) is 18.9. The molecule has 0 aliphatic carbocycles. The highest BCUT2D eigenvalue weighted by Crippen LogP contribution is 2.32. The lowest BCUT2D eigenvalue weighted by molar-refractivity contribution is -0.387. The van der Waals surface area contributed by atoms with Gasteiger partial charge in [-0.2, -0.15) is 0 Å². The van der Waals surface area contributed by atoms with Crippen molar-refractivity contribution in [1.29, 1.82) is 0 Å². The summed E-state index contributed by atoms with van der Waals surface area (Å²) >= 11 is 1.52. The quantitative estimate of drug-likeness (QED) is 0.396. The molecule has 1 aliphatic heterocycles. The number of rotatable bonds is 8. The molecule has 1 heterocycles. The summed E-state index contributed by atoms with van der Waals surface area (Å²) in [5.74, 6) is 0.734. The molecule has 0 aromatic heterocycles. The van der Waals surface area contributed by atoms with E-state index in [0.29, 0.717) is 0 Å². The predicted molar refractivity (Wildman–Crippen MR) is 105 cm³/mol. The molecule has 3 rings (SSSR count). The summed E-state index contributed by atoms with van der Waals surface area (Å²) in [6, 6.07) is 15.7. The van der Waals surface area contributed by atoms with Crippen molar-refractivity contribution in [2.45, 2.75) is 23.5 Å². The fourth-order valence-corrected chi connectivity index (χ4v) is 4.01. The number of nitro benzene ring substituents is 1. The van der Waals surface area contributed by atoms with Crippen molar-refractivity contribution in [3.8, 4) is 0 Å². The van der Waals surface area contributed by atoms with Crippen LogP contribution >= 0.6 is 11.8 Å². The van der Waals surface area contributed by atoms with E-state index in [9.17, 15) is 10.1 Å². The summed E-state index contributed by atoms with van der Waals surface area (Å²) in [4.78, 5) is 14.3. The van der Waals surface area contributed by atoms with Crippen LogP contribution in [0.15, 0.2) is 53.4 Å². The summed E-state index contributed by atoms with van der Waals surface area (Å²) in [5.41, 5.74) is 2.42. The minimum atomic E-state index is -0.265. The minimum Gasteiger partial charge on any atom is -0.379 e. The lowest BCUT2D eigenvalue weighted by Crippen LogP contribution is -2.36. The van der Waals surface area contributed by atoms with Gasteiger partial charge in [0.05, 0.1) is 23.0 Å². The Kier molecular flexibility index (Phi) is 7.05. The molecule has 0 spiro atoms. The van der Waals surface area contributed by atoms with E-state index in [2.05, 4.69) is 4.90 Å². The highest BCUT2D eigenvalue weighted by Gasteiger charge is 2.16. The number of aryl methyl sites for hydroxylation is 1. The van der Waals surface area contributed by atoms with Crippen LogP contribution in [-0.2, 0) is 16.9 Å². The number of morpholine rings is 1. The molecule has 2 aromatic carbocycles. The average Bonchev–Trinajstić information content (AvgIpc) is 2.68. The van der Waals surface area contributed by atoms with E-state index < -0.39 is 0 Å². The SMILES string of the molecule is O=[N+]([O-])c1cc(CCCN2CCOCC2)ccc1SCc1ccccc1. The molecule has 2 aromatic rings.